The molecule has 0 radical (unpaired) electrons. The van der Waals surface area contributed by atoms with Crippen LogP contribution >= 0.6 is 0 Å². The van der Waals surface area contributed by atoms with Gasteiger partial charge in [-0.3, -0.25) is 9.78 Å². The van der Waals surface area contributed by atoms with Gasteiger partial charge in [0.2, 0.25) is 0 Å². The van der Waals surface area contributed by atoms with Crippen LogP contribution in [0.2, 0.25) is 0 Å². The predicted octanol–water partition coefficient (Wildman–Crippen LogP) is 2.52. The van der Waals surface area contributed by atoms with Crippen LogP contribution in [0.1, 0.15) is 30.2 Å². The number of hydrogen-bond donors (Lipinski definition) is 0. The summed E-state index contributed by atoms with van der Waals surface area (Å²) in [6.07, 6.45) is -3.23. The standard InChI is InChI=1S/C11H10F3NO2/c12-11(13,14)10-2-1-7(6-15-10)9-5-8(16)3-4-17-9/h1-2,6,9H,3-5H2. The average Bonchev–Trinajstić information content (AvgIpc) is 2.28. The highest BCUT2D eigenvalue weighted by Crippen LogP contribution is 2.30. The lowest BCUT2D eigenvalue weighted by molar-refractivity contribution is -0.141. The van der Waals surface area contributed by atoms with E-state index in [2.05, 4.69) is 4.98 Å². The number of aromatic nitrogens is 1. The van der Waals surface area contributed by atoms with E-state index in [9.17, 15) is 18.0 Å². The van der Waals surface area contributed by atoms with E-state index in [1.165, 1.54) is 6.07 Å². The van der Waals surface area contributed by atoms with Crippen LogP contribution < -0.4 is 0 Å². The van der Waals surface area contributed by atoms with Crippen LogP contribution in [-0.4, -0.2) is 17.4 Å². The molecule has 0 bridgehead atoms. The molecule has 1 aliphatic rings. The number of pyridine rings is 1. The Labute approximate surface area is 95.6 Å². The molecule has 0 aliphatic carbocycles. The molecule has 1 fully saturated rings. The van der Waals surface area contributed by atoms with Gasteiger partial charge in [-0.15, -0.1) is 0 Å². The Morgan fingerprint density at radius 2 is 2.12 bits per heavy atom. The Morgan fingerprint density at radius 3 is 2.65 bits per heavy atom. The van der Waals surface area contributed by atoms with Gasteiger partial charge in [-0.05, 0) is 11.6 Å². The smallest absolute Gasteiger partial charge is 0.373 e. The van der Waals surface area contributed by atoms with E-state index < -0.39 is 18.0 Å². The Hall–Kier alpha value is -1.43. The number of ether oxygens (including phenoxy) is 1. The molecule has 1 aliphatic heterocycles. The molecule has 2 heterocycles. The second-order valence-corrected chi connectivity index (χ2v) is 3.83. The van der Waals surface area contributed by atoms with Crippen molar-refractivity contribution >= 4 is 5.78 Å². The lowest BCUT2D eigenvalue weighted by atomic mass is 10.0. The molecule has 17 heavy (non-hydrogen) atoms. The molecule has 0 N–H and O–H groups in total. The van der Waals surface area contributed by atoms with E-state index >= 15 is 0 Å². The van der Waals surface area contributed by atoms with E-state index in [-0.39, 0.29) is 12.2 Å². The first-order valence-corrected chi connectivity index (χ1v) is 5.13. The van der Waals surface area contributed by atoms with E-state index in [4.69, 9.17) is 4.74 Å². The molecule has 1 saturated heterocycles. The predicted molar refractivity (Wildman–Crippen MR) is 52.2 cm³/mol. The van der Waals surface area contributed by atoms with Gasteiger partial charge in [-0.25, -0.2) is 0 Å². The summed E-state index contributed by atoms with van der Waals surface area (Å²) < 4.78 is 42.1. The van der Waals surface area contributed by atoms with Crippen molar-refractivity contribution in [2.45, 2.75) is 25.1 Å². The van der Waals surface area contributed by atoms with Crippen molar-refractivity contribution in [3.05, 3.63) is 29.6 Å². The van der Waals surface area contributed by atoms with E-state index in [1.807, 2.05) is 0 Å². The highest BCUT2D eigenvalue weighted by atomic mass is 19.4. The maximum Gasteiger partial charge on any atom is 0.433 e. The summed E-state index contributed by atoms with van der Waals surface area (Å²) in [7, 11) is 0. The largest absolute Gasteiger partial charge is 0.433 e. The van der Waals surface area contributed by atoms with Gasteiger partial charge in [-0.1, -0.05) is 6.07 Å². The number of alkyl halides is 3. The molecule has 0 amide bonds. The summed E-state index contributed by atoms with van der Waals surface area (Å²) in [5, 5.41) is 0. The SMILES string of the molecule is O=C1CCOC(c2ccc(C(F)(F)F)nc2)C1. The molecule has 2 rings (SSSR count). The third kappa shape index (κ3) is 2.82. The van der Waals surface area contributed by atoms with Gasteiger partial charge < -0.3 is 4.74 Å². The Morgan fingerprint density at radius 1 is 1.35 bits per heavy atom. The van der Waals surface area contributed by atoms with Gasteiger partial charge in [0, 0.05) is 19.0 Å². The number of nitrogens with zero attached hydrogens (tertiary/aromatic N) is 1. The number of hydrogen-bond acceptors (Lipinski definition) is 3. The molecule has 92 valence electrons. The minimum absolute atomic E-state index is 0.0566. The van der Waals surface area contributed by atoms with Crippen LogP contribution in [-0.2, 0) is 15.7 Å². The molecular weight excluding hydrogens is 235 g/mol. The first-order chi connectivity index (χ1) is 7.97. The summed E-state index contributed by atoms with van der Waals surface area (Å²) in [6.45, 7) is 0.310. The maximum absolute atomic E-state index is 12.3. The van der Waals surface area contributed by atoms with Crippen LogP contribution in [0.15, 0.2) is 18.3 Å². The number of ketones is 1. The number of halogens is 3. The van der Waals surface area contributed by atoms with Crippen LogP contribution in [0, 0.1) is 0 Å². The summed E-state index contributed by atoms with van der Waals surface area (Å²) in [5.74, 6) is 0.0566. The van der Waals surface area contributed by atoms with Crippen molar-refractivity contribution in [2.24, 2.45) is 0 Å². The van der Waals surface area contributed by atoms with Crippen molar-refractivity contribution in [3.8, 4) is 0 Å². The van der Waals surface area contributed by atoms with E-state index in [1.54, 1.807) is 0 Å². The van der Waals surface area contributed by atoms with Crippen molar-refractivity contribution in [1.29, 1.82) is 0 Å². The van der Waals surface area contributed by atoms with E-state index in [0.29, 0.717) is 18.6 Å². The number of carbonyl (C=O) groups is 1. The molecule has 1 unspecified atom stereocenters. The van der Waals surface area contributed by atoms with Gasteiger partial charge in [0.05, 0.1) is 12.7 Å². The van der Waals surface area contributed by atoms with Gasteiger partial charge in [0.15, 0.2) is 0 Å². The Kier molecular flexibility index (Phi) is 3.15. The van der Waals surface area contributed by atoms with Crippen molar-refractivity contribution < 1.29 is 22.7 Å². The summed E-state index contributed by atoms with van der Waals surface area (Å²) in [4.78, 5) is 14.5. The van der Waals surface area contributed by atoms with Crippen LogP contribution in [0.4, 0.5) is 13.2 Å². The molecule has 6 heteroatoms. The normalized spacial score (nSPS) is 21.6. The zero-order valence-corrected chi connectivity index (χ0v) is 8.83. The molecular formula is C11H10F3NO2. The lowest BCUT2D eigenvalue weighted by Gasteiger charge is -2.22. The zero-order chi connectivity index (χ0) is 12.5. The highest BCUT2D eigenvalue weighted by molar-refractivity contribution is 5.79. The maximum atomic E-state index is 12.3. The number of carbonyl (C=O) groups excluding carboxylic acids is 1. The zero-order valence-electron chi connectivity index (χ0n) is 8.83. The first-order valence-electron chi connectivity index (χ1n) is 5.13. The van der Waals surface area contributed by atoms with Gasteiger partial charge in [0.1, 0.15) is 11.5 Å². The van der Waals surface area contributed by atoms with E-state index in [0.717, 1.165) is 12.3 Å². The van der Waals surface area contributed by atoms with Gasteiger partial charge in [-0.2, -0.15) is 13.2 Å². The molecule has 1 atom stereocenters. The first kappa shape index (κ1) is 12.0. The molecule has 0 saturated carbocycles. The average molecular weight is 245 g/mol. The van der Waals surface area contributed by atoms with Crippen molar-refractivity contribution in [3.63, 3.8) is 0 Å². The fourth-order valence-corrected chi connectivity index (χ4v) is 1.66. The summed E-state index contributed by atoms with van der Waals surface area (Å²) >= 11 is 0. The van der Waals surface area contributed by atoms with Crippen molar-refractivity contribution in [1.82, 2.24) is 4.98 Å². The second-order valence-electron chi connectivity index (χ2n) is 3.83. The minimum atomic E-state index is -4.44. The van der Waals surface area contributed by atoms with Crippen molar-refractivity contribution in [2.75, 3.05) is 6.61 Å². The Balaban J connectivity index is 2.15. The quantitative estimate of drug-likeness (QED) is 0.763. The molecule has 1 aromatic rings. The molecule has 1 aromatic heterocycles. The third-order valence-electron chi connectivity index (χ3n) is 2.56. The van der Waals surface area contributed by atoms with Crippen LogP contribution in [0.25, 0.3) is 0 Å². The summed E-state index contributed by atoms with van der Waals surface area (Å²) in [6, 6.07) is 2.21. The highest BCUT2D eigenvalue weighted by Gasteiger charge is 2.32. The van der Waals surface area contributed by atoms with Gasteiger partial charge in [0.25, 0.3) is 0 Å². The fraction of sp³-hybridized carbons (Fsp3) is 0.455. The Bertz CT molecular complexity index is 414. The topological polar surface area (TPSA) is 39.2 Å². The summed E-state index contributed by atoms with van der Waals surface area (Å²) in [5.41, 5.74) is -0.436. The number of rotatable bonds is 1. The lowest BCUT2D eigenvalue weighted by Crippen LogP contribution is -2.19. The number of Topliss-reactive ketones (excluding diaryl/α,β-unsaturated/α-hetero) is 1. The molecule has 3 nitrogen and oxygen atoms in total. The van der Waals surface area contributed by atoms with Crippen LogP contribution in [0.3, 0.4) is 0 Å². The van der Waals surface area contributed by atoms with Gasteiger partial charge >= 0.3 is 6.18 Å². The third-order valence-corrected chi connectivity index (χ3v) is 2.56. The van der Waals surface area contributed by atoms with Crippen LogP contribution in [0.5, 0.6) is 0 Å². The monoisotopic (exact) mass is 245 g/mol. The second kappa shape index (κ2) is 4.44. The molecule has 0 spiro atoms. The fourth-order valence-electron chi connectivity index (χ4n) is 1.66. The minimum Gasteiger partial charge on any atom is -0.373 e. The molecule has 0 aromatic carbocycles.